The van der Waals surface area contributed by atoms with Crippen molar-refractivity contribution in [2.45, 2.75) is 19.0 Å². The summed E-state index contributed by atoms with van der Waals surface area (Å²) in [6, 6.07) is 2.11. The van der Waals surface area contributed by atoms with Crippen molar-refractivity contribution in [3.8, 4) is 0 Å². The molecule has 22 heavy (non-hydrogen) atoms. The van der Waals surface area contributed by atoms with Crippen molar-refractivity contribution >= 4 is 11.6 Å². The predicted octanol–water partition coefficient (Wildman–Crippen LogP) is -0.0186. The number of piperazine rings is 1. The van der Waals surface area contributed by atoms with Crippen LogP contribution in [0.15, 0.2) is 24.7 Å². The molecule has 0 saturated carbocycles. The average Bonchev–Trinajstić information content (AvgIpc) is 2.92. The number of likely N-dealkylation sites (N-methyl/N-ethyl adjacent to an activating group) is 2. The van der Waals surface area contributed by atoms with Gasteiger partial charge in [-0.2, -0.15) is 5.10 Å². The maximum atomic E-state index is 12.2. The van der Waals surface area contributed by atoms with Gasteiger partial charge in [0, 0.05) is 56.6 Å². The number of fused-ring (bicyclic) bond motifs is 1. The van der Waals surface area contributed by atoms with Gasteiger partial charge in [0.2, 0.25) is 5.91 Å². The molecular weight excluding hydrogens is 280 g/mol. The van der Waals surface area contributed by atoms with Crippen LogP contribution >= 0.6 is 0 Å². The van der Waals surface area contributed by atoms with Gasteiger partial charge in [-0.3, -0.25) is 4.79 Å². The molecule has 1 atom stereocenters. The first-order valence-electron chi connectivity index (χ1n) is 7.56. The van der Waals surface area contributed by atoms with Crippen LogP contribution in [-0.2, 0) is 11.3 Å². The van der Waals surface area contributed by atoms with Crippen molar-refractivity contribution < 1.29 is 4.79 Å². The third-order valence-electron chi connectivity index (χ3n) is 4.23. The Kier molecular flexibility index (Phi) is 4.35. The van der Waals surface area contributed by atoms with Crippen molar-refractivity contribution in [3.63, 3.8) is 0 Å². The lowest BCUT2D eigenvalue weighted by molar-refractivity contribution is -0.122. The van der Waals surface area contributed by atoms with Gasteiger partial charge in [0.15, 0.2) is 5.65 Å². The van der Waals surface area contributed by atoms with E-state index in [4.69, 9.17) is 0 Å². The smallest absolute Gasteiger partial charge is 0.221 e. The quantitative estimate of drug-likeness (QED) is 0.860. The summed E-state index contributed by atoms with van der Waals surface area (Å²) < 4.78 is 1.71. The number of hydrogen-bond acceptors (Lipinski definition) is 5. The third-order valence-corrected chi connectivity index (χ3v) is 4.23. The summed E-state index contributed by atoms with van der Waals surface area (Å²) >= 11 is 0. The Balaban J connectivity index is 1.56. The molecule has 7 heteroatoms. The second-order valence-corrected chi connectivity index (χ2v) is 5.94. The molecule has 0 spiro atoms. The first kappa shape index (κ1) is 14.9. The number of hydrogen-bond donors (Lipinski definition) is 1. The van der Waals surface area contributed by atoms with Gasteiger partial charge in [0.25, 0.3) is 0 Å². The standard InChI is InChI=1S/C15H22N6O/c1-19-6-7-20(2)13(11-19)8-14(22)17-9-12-10-18-21-5-3-4-16-15(12)21/h3-5,10,13H,6-9,11H2,1-2H3,(H,17,22)/t13-/m0/s1. The summed E-state index contributed by atoms with van der Waals surface area (Å²) in [5.74, 6) is 0.0717. The molecule has 1 amide bonds. The zero-order chi connectivity index (χ0) is 15.5. The van der Waals surface area contributed by atoms with Gasteiger partial charge in [-0.05, 0) is 20.2 Å². The zero-order valence-corrected chi connectivity index (χ0v) is 13.1. The molecule has 118 valence electrons. The second kappa shape index (κ2) is 6.41. The number of nitrogens with zero attached hydrogens (tertiary/aromatic N) is 5. The molecule has 2 aromatic rings. The van der Waals surface area contributed by atoms with Crippen molar-refractivity contribution in [2.75, 3.05) is 33.7 Å². The Morgan fingerprint density at radius 3 is 3.14 bits per heavy atom. The summed E-state index contributed by atoms with van der Waals surface area (Å²) in [5, 5.41) is 7.20. The number of carbonyl (C=O) groups is 1. The van der Waals surface area contributed by atoms with Gasteiger partial charge in [-0.25, -0.2) is 9.50 Å². The van der Waals surface area contributed by atoms with E-state index in [2.05, 4.69) is 39.3 Å². The van der Waals surface area contributed by atoms with E-state index in [1.54, 1.807) is 16.9 Å². The lowest BCUT2D eigenvalue weighted by Gasteiger charge is -2.37. The molecule has 0 bridgehead atoms. The van der Waals surface area contributed by atoms with Crippen molar-refractivity contribution in [1.29, 1.82) is 0 Å². The minimum atomic E-state index is 0.0717. The van der Waals surface area contributed by atoms with Crippen LogP contribution in [0.5, 0.6) is 0 Å². The van der Waals surface area contributed by atoms with E-state index >= 15 is 0 Å². The molecule has 0 unspecified atom stereocenters. The van der Waals surface area contributed by atoms with E-state index in [9.17, 15) is 4.79 Å². The molecule has 0 aliphatic carbocycles. The van der Waals surface area contributed by atoms with Crippen LogP contribution in [0.2, 0.25) is 0 Å². The Morgan fingerprint density at radius 2 is 2.27 bits per heavy atom. The second-order valence-electron chi connectivity index (χ2n) is 5.94. The topological polar surface area (TPSA) is 65.8 Å². The van der Waals surface area contributed by atoms with E-state index in [-0.39, 0.29) is 11.9 Å². The van der Waals surface area contributed by atoms with Gasteiger partial charge in [-0.15, -0.1) is 0 Å². The molecule has 1 saturated heterocycles. The van der Waals surface area contributed by atoms with Crippen molar-refractivity contribution in [3.05, 3.63) is 30.2 Å². The van der Waals surface area contributed by atoms with Crippen LogP contribution in [0.3, 0.4) is 0 Å². The Labute approximate surface area is 129 Å². The normalized spacial score (nSPS) is 20.4. The first-order chi connectivity index (χ1) is 10.6. The lowest BCUT2D eigenvalue weighted by Crippen LogP contribution is -2.51. The predicted molar refractivity (Wildman–Crippen MR) is 83.4 cm³/mol. The number of carbonyl (C=O) groups excluding carboxylic acids is 1. The summed E-state index contributed by atoms with van der Waals surface area (Å²) in [6.45, 7) is 3.46. The molecule has 1 fully saturated rings. The van der Waals surface area contributed by atoms with Gasteiger partial charge in [-0.1, -0.05) is 0 Å². The fourth-order valence-electron chi connectivity index (χ4n) is 2.80. The number of rotatable bonds is 4. The van der Waals surface area contributed by atoms with Gasteiger partial charge in [0.1, 0.15) is 0 Å². The highest BCUT2D eigenvalue weighted by Crippen LogP contribution is 2.10. The fraction of sp³-hybridized carbons (Fsp3) is 0.533. The van der Waals surface area contributed by atoms with Crippen LogP contribution in [0.25, 0.3) is 5.65 Å². The van der Waals surface area contributed by atoms with Gasteiger partial charge < -0.3 is 15.1 Å². The minimum Gasteiger partial charge on any atom is -0.352 e. The molecule has 2 aromatic heterocycles. The molecule has 1 aliphatic heterocycles. The highest BCUT2D eigenvalue weighted by Gasteiger charge is 2.24. The van der Waals surface area contributed by atoms with Crippen molar-refractivity contribution in [2.24, 2.45) is 0 Å². The highest BCUT2D eigenvalue weighted by molar-refractivity contribution is 5.76. The monoisotopic (exact) mass is 302 g/mol. The summed E-state index contributed by atoms with van der Waals surface area (Å²) in [5.41, 5.74) is 1.72. The molecule has 0 radical (unpaired) electrons. The zero-order valence-electron chi connectivity index (χ0n) is 13.1. The van der Waals surface area contributed by atoms with Crippen molar-refractivity contribution in [1.82, 2.24) is 29.7 Å². The maximum Gasteiger partial charge on any atom is 0.221 e. The van der Waals surface area contributed by atoms with Crippen LogP contribution in [0.4, 0.5) is 0 Å². The highest BCUT2D eigenvalue weighted by atomic mass is 16.1. The Hall–Kier alpha value is -1.99. The SMILES string of the molecule is CN1CCN(C)[C@@H](CC(=O)NCc2cnn3cccnc23)C1. The number of nitrogens with one attached hydrogen (secondary N) is 1. The van der Waals surface area contributed by atoms with E-state index in [0.717, 1.165) is 30.8 Å². The minimum absolute atomic E-state index is 0.0717. The van der Waals surface area contributed by atoms with E-state index < -0.39 is 0 Å². The molecular formula is C15H22N6O. The van der Waals surface area contributed by atoms with Crippen LogP contribution in [0, 0.1) is 0 Å². The van der Waals surface area contributed by atoms with Gasteiger partial charge in [0.05, 0.1) is 6.20 Å². The molecule has 3 rings (SSSR count). The van der Waals surface area contributed by atoms with Gasteiger partial charge >= 0.3 is 0 Å². The summed E-state index contributed by atoms with van der Waals surface area (Å²) in [6.07, 6.45) is 5.85. The summed E-state index contributed by atoms with van der Waals surface area (Å²) in [4.78, 5) is 21.0. The van der Waals surface area contributed by atoms with E-state index in [1.165, 1.54) is 0 Å². The van der Waals surface area contributed by atoms with E-state index in [0.29, 0.717) is 13.0 Å². The third kappa shape index (κ3) is 3.26. The Morgan fingerprint density at radius 1 is 1.41 bits per heavy atom. The largest absolute Gasteiger partial charge is 0.352 e. The summed E-state index contributed by atoms with van der Waals surface area (Å²) in [7, 11) is 4.18. The molecule has 1 aliphatic rings. The van der Waals surface area contributed by atoms with E-state index in [1.807, 2.05) is 12.3 Å². The average molecular weight is 302 g/mol. The number of aromatic nitrogens is 3. The van der Waals surface area contributed by atoms with Crippen LogP contribution in [-0.4, -0.2) is 70.1 Å². The first-order valence-corrected chi connectivity index (χ1v) is 7.56. The lowest BCUT2D eigenvalue weighted by atomic mass is 10.1. The molecule has 7 nitrogen and oxygen atoms in total. The van der Waals surface area contributed by atoms with Crippen LogP contribution < -0.4 is 5.32 Å². The molecule has 0 aromatic carbocycles. The maximum absolute atomic E-state index is 12.2. The van der Waals surface area contributed by atoms with Crippen LogP contribution in [0.1, 0.15) is 12.0 Å². The molecule has 1 N–H and O–H groups in total. The molecule has 3 heterocycles. The number of amides is 1. The fourth-order valence-corrected chi connectivity index (χ4v) is 2.80. The Bertz CT molecular complexity index is 654.